The number of ether oxygens (including phenoxy) is 1. The van der Waals surface area contributed by atoms with Crippen molar-refractivity contribution in [1.29, 1.82) is 0 Å². The van der Waals surface area contributed by atoms with Gasteiger partial charge in [0.15, 0.2) is 0 Å². The van der Waals surface area contributed by atoms with E-state index in [1.54, 1.807) is 0 Å². The van der Waals surface area contributed by atoms with Gasteiger partial charge in [-0.05, 0) is 51.7 Å². The molecule has 19 heavy (non-hydrogen) atoms. The van der Waals surface area contributed by atoms with E-state index in [0.717, 1.165) is 45.1 Å². The van der Waals surface area contributed by atoms with Gasteiger partial charge in [0.25, 0.3) is 0 Å². The zero-order chi connectivity index (χ0) is 14.1. The molecule has 1 heterocycles. The smallest absolute Gasteiger partial charge is 0.309 e. The van der Waals surface area contributed by atoms with E-state index in [0.29, 0.717) is 6.61 Å². The number of esters is 1. The number of hydrogen-bond acceptors (Lipinski definition) is 4. The predicted molar refractivity (Wildman–Crippen MR) is 78.1 cm³/mol. The molecule has 112 valence electrons. The Morgan fingerprint density at radius 3 is 2.84 bits per heavy atom. The molecule has 1 aliphatic heterocycles. The lowest BCUT2D eigenvalue weighted by Gasteiger charge is -2.31. The Balaban J connectivity index is 2.39. The van der Waals surface area contributed by atoms with Crippen molar-refractivity contribution in [1.82, 2.24) is 10.2 Å². The zero-order valence-corrected chi connectivity index (χ0v) is 12.8. The lowest BCUT2D eigenvalue weighted by atomic mass is 9.98. The second kappa shape index (κ2) is 9.32. The summed E-state index contributed by atoms with van der Waals surface area (Å²) < 4.78 is 5.09. The molecule has 1 fully saturated rings. The Morgan fingerprint density at radius 1 is 1.47 bits per heavy atom. The first-order chi connectivity index (χ1) is 9.17. The van der Waals surface area contributed by atoms with Crippen molar-refractivity contribution in [3.05, 3.63) is 0 Å². The van der Waals surface area contributed by atoms with Crippen molar-refractivity contribution < 1.29 is 9.53 Å². The molecule has 0 aromatic carbocycles. The maximum absolute atomic E-state index is 11.7. The predicted octanol–water partition coefficient (Wildman–Crippen LogP) is 1.90. The zero-order valence-electron chi connectivity index (χ0n) is 12.8. The molecule has 4 nitrogen and oxygen atoms in total. The molecule has 1 aliphatic rings. The minimum Gasteiger partial charge on any atom is -0.466 e. The van der Waals surface area contributed by atoms with Crippen LogP contribution in [0.1, 0.15) is 40.0 Å². The van der Waals surface area contributed by atoms with E-state index >= 15 is 0 Å². The van der Waals surface area contributed by atoms with E-state index in [2.05, 4.69) is 17.1 Å². The largest absolute Gasteiger partial charge is 0.466 e. The van der Waals surface area contributed by atoms with Gasteiger partial charge in [-0.1, -0.05) is 13.8 Å². The second-order valence-electron chi connectivity index (χ2n) is 5.63. The molecule has 4 heteroatoms. The molecular formula is C15H30N2O2. The highest BCUT2D eigenvalue weighted by Crippen LogP contribution is 2.13. The van der Waals surface area contributed by atoms with Gasteiger partial charge in [0.05, 0.1) is 12.5 Å². The van der Waals surface area contributed by atoms with E-state index < -0.39 is 0 Å². The maximum Gasteiger partial charge on any atom is 0.309 e. The topological polar surface area (TPSA) is 41.6 Å². The van der Waals surface area contributed by atoms with Crippen molar-refractivity contribution >= 4 is 5.97 Å². The fourth-order valence-corrected chi connectivity index (χ4v) is 2.76. The van der Waals surface area contributed by atoms with Gasteiger partial charge in [-0.25, -0.2) is 0 Å². The molecule has 2 atom stereocenters. The van der Waals surface area contributed by atoms with Crippen molar-refractivity contribution in [2.45, 2.75) is 40.0 Å². The van der Waals surface area contributed by atoms with Gasteiger partial charge in [0.2, 0.25) is 0 Å². The molecule has 0 amide bonds. The molecule has 1 N–H and O–H groups in total. The highest BCUT2D eigenvalue weighted by atomic mass is 16.5. The number of hydrogen-bond donors (Lipinski definition) is 1. The summed E-state index contributed by atoms with van der Waals surface area (Å²) in [6, 6.07) is 0. The number of carbonyl (C=O) groups is 1. The van der Waals surface area contributed by atoms with Crippen LogP contribution in [-0.4, -0.2) is 50.2 Å². The first-order valence-corrected chi connectivity index (χ1v) is 7.77. The fraction of sp³-hybridized carbons (Fsp3) is 0.933. The quantitative estimate of drug-likeness (QED) is 0.684. The summed E-state index contributed by atoms with van der Waals surface area (Å²) in [5.41, 5.74) is 0. The highest BCUT2D eigenvalue weighted by Gasteiger charge is 2.21. The van der Waals surface area contributed by atoms with Crippen LogP contribution in [0, 0.1) is 11.8 Å². The van der Waals surface area contributed by atoms with Crippen molar-refractivity contribution in [3.8, 4) is 0 Å². The SMILES string of the molecule is CCCN(CC1CCCNC1)CC(C)C(=O)OCC. The monoisotopic (exact) mass is 270 g/mol. The second-order valence-corrected chi connectivity index (χ2v) is 5.63. The van der Waals surface area contributed by atoms with Gasteiger partial charge in [-0.15, -0.1) is 0 Å². The molecule has 1 rings (SSSR count). The Morgan fingerprint density at radius 2 is 2.26 bits per heavy atom. The van der Waals surface area contributed by atoms with E-state index in [-0.39, 0.29) is 11.9 Å². The summed E-state index contributed by atoms with van der Waals surface area (Å²) >= 11 is 0. The van der Waals surface area contributed by atoms with Crippen LogP contribution < -0.4 is 5.32 Å². The van der Waals surface area contributed by atoms with Crippen LogP contribution in [0.4, 0.5) is 0 Å². The van der Waals surface area contributed by atoms with Crippen LogP contribution in [0.2, 0.25) is 0 Å². The van der Waals surface area contributed by atoms with Crippen LogP contribution in [0.5, 0.6) is 0 Å². The Hall–Kier alpha value is -0.610. The molecule has 0 bridgehead atoms. The fourth-order valence-electron chi connectivity index (χ4n) is 2.76. The van der Waals surface area contributed by atoms with Gasteiger partial charge in [-0.3, -0.25) is 4.79 Å². The molecule has 1 saturated heterocycles. The number of nitrogens with zero attached hydrogens (tertiary/aromatic N) is 1. The molecule has 0 aliphatic carbocycles. The number of carbonyl (C=O) groups excluding carboxylic acids is 1. The summed E-state index contributed by atoms with van der Waals surface area (Å²) in [5, 5.41) is 3.46. The Labute approximate surface area is 117 Å². The van der Waals surface area contributed by atoms with Crippen LogP contribution in [0.3, 0.4) is 0 Å². The average Bonchev–Trinajstić information content (AvgIpc) is 2.40. The number of rotatable bonds is 8. The number of piperidine rings is 1. The lowest BCUT2D eigenvalue weighted by molar-refractivity contribution is -0.148. The molecular weight excluding hydrogens is 240 g/mol. The lowest BCUT2D eigenvalue weighted by Crippen LogP contribution is -2.41. The first-order valence-electron chi connectivity index (χ1n) is 7.77. The van der Waals surface area contributed by atoms with Gasteiger partial charge in [0.1, 0.15) is 0 Å². The molecule has 0 saturated carbocycles. The van der Waals surface area contributed by atoms with Crippen LogP contribution in [-0.2, 0) is 9.53 Å². The minimum absolute atomic E-state index is 0.0250. The van der Waals surface area contributed by atoms with Crippen LogP contribution in [0.15, 0.2) is 0 Å². The normalized spacial score (nSPS) is 21.4. The molecule has 0 spiro atoms. The number of nitrogens with one attached hydrogen (secondary N) is 1. The summed E-state index contributed by atoms with van der Waals surface area (Å²) in [6.07, 6.45) is 3.72. The third-order valence-corrected chi connectivity index (χ3v) is 3.68. The molecule has 0 aromatic rings. The van der Waals surface area contributed by atoms with Crippen molar-refractivity contribution in [3.63, 3.8) is 0 Å². The molecule has 2 unspecified atom stereocenters. The van der Waals surface area contributed by atoms with Crippen LogP contribution in [0.25, 0.3) is 0 Å². The van der Waals surface area contributed by atoms with Crippen molar-refractivity contribution in [2.75, 3.05) is 39.3 Å². The Bertz CT molecular complexity index is 253. The third kappa shape index (κ3) is 6.39. The van der Waals surface area contributed by atoms with Gasteiger partial charge < -0.3 is 15.0 Å². The van der Waals surface area contributed by atoms with Crippen LogP contribution >= 0.6 is 0 Å². The van der Waals surface area contributed by atoms with Gasteiger partial charge in [-0.2, -0.15) is 0 Å². The minimum atomic E-state index is -0.0645. The standard InChI is InChI=1S/C15H30N2O2/c1-4-9-17(11-13(3)15(18)19-5-2)12-14-7-6-8-16-10-14/h13-14,16H,4-12H2,1-3H3. The summed E-state index contributed by atoms with van der Waals surface area (Å²) in [4.78, 5) is 14.1. The first kappa shape index (κ1) is 16.4. The average molecular weight is 270 g/mol. The van der Waals surface area contributed by atoms with Crippen molar-refractivity contribution in [2.24, 2.45) is 11.8 Å². The highest BCUT2D eigenvalue weighted by molar-refractivity contribution is 5.72. The Kier molecular flexibility index (Phi) is 8.07. The third-order valence-electron chi connectivity index (χ3n) is 3.68. The molecule has 0 radical (unpaired) electrons. The maximum atomic E-state index is 11.7. The van der Waals surface area contributed by atoms with Gasteiger partial charge in [0, 0.05) is 13.1 Å². The molecule has 0 aromatic heterocycles. The van der Waals surface area contributed by atoms with E-state index in [1.165, 1.54) is 12.8 Å². The summed E-state index contributed by atoms with van der Waals surface area (Å²) in [5.74, 6) is 0.642. The summed E-state index contributed by atoms with van der Waals surface area (Å²) in [7, 11) is 0. The van der Waals surface area contributed by atoms with E-state index in [4.69, 9.17) is 4.74 Å². The van der Waals surface area contributed by atoms with E-state index in [1.807, 2.05) is 13.8 Å². The summed E-state index contributed by atoms with van der Waals surface area (Å²) in [6.45, 7) is 11.8. The van der Waals surface area contributed by atoms with Gasteiger partial charge >= 0.3 is 5.97 Å². The van der Waals surface area contributed by atoms with E-state index in [9.17, 15) is 4.79 Å².